The van der Waals surface area contributed by atoms with Crippen molar-refractivity contribution in [2.75, 3.05) is 13.7 Å². The Balaban J connectivity index is 2.25. The number of hydrogen-bond donors (Lipinski definition) is 0. The van der Waals surface area contributed by atoms with Crippen LogP contribution >= 0.6 is 0 Å². The molecule has 0 aromatic rings. The van der Waals surface area contributed by atoms with E-state index in [-0.39, 0.29) is 11.6 Å². The molecule has 2 rings (SSSR count). The van der Waals surface area contributed by atoms with E-state index in [1.165, 1.54) is 12.0 Å². The van der Waals surface area contributed by atoms with Crippen LogP contribution in [0.1, 0.15) is 40.0 Å². The summed E-state index contributed by atoms with van der Waals surface area (Å²) in [5.41, 5.74) is 1.48. The van der Waals surface area contributed by atoms with E-state index in [2.05, 4.69) is 26.8 Å². The topological polar surface area (TPSA) is 29.5 Å². The summed E-state index contributed by atoms with van der Waals surface area (Å²) in [6, 6.07) is 0. The number of nitrogens with zero attached hydrogens (tertiary/aromatic N) is 1. The van der Waals surface area contributed by atoms with E-state index < -0.39 is 0 Å². The van der Waals surface area contributed by atoms with Crippen molar-refractivity contribution in [1.82, 2.24) is 4.90 Å². The fourth-order valence-corrected chi connectivity index (χ4v) is 2.63. The fraction of sp³-hybridized carbons (Fsp3) is 0.769. The molecule has 1 atom stereocenters. The van der Waals surface area contributed by atoms with Gasteiger partial charge in [0.25, 0.3) is 0 Å². The third-order valence-corrected chi connectivity index (χ3v) is 4.06. The summed E-state index contributed by atoms with van der Waals surface area (Å²) < 4.78 is 5.15. The maximum atomic E-state index is 11.5. The van der Waals surface area contributed by atoms with E-state index >= 15 is 0 Å². The predicted molar refractivity (Wildman–Crippen MR) is 63.2 cm³/mol. The van der Waals surface area contributed by atoms with Crippen molar-refractivity contribution >= 4 is 6.09 Å². The van der Waals surface area contributed by atoms with E-state index in [1.807, 2.05) is 7.05 Å². The van der Waals surface area contributed by atoms with Crippen LogP contribution in [0.4, 0.5) is 4.79 Å². The van der Waals surface area contributed by atoms with Crippen molar-refractivity contribution in [3.05, 3.63) is 11.6 Å². The molecule has 0 spiro atoms. The monoisotopic (exact) mass is 223 g/mol. The first kappa shape index (κ1) is 11.5. The Bertz CT molecular complexity index is 346. The molecule has 1 amide bonds. The van der Waals surface area contributed by atoms with Gasteiger partial charge in [-0.3, -0.25) is 4.90 Å². The molecule has 1 saturated heterocycles. The molecule has 1 unspecified atom stereocenters. The molecule has 0 radical (unpaired) electrons. The molecule has 0 aromatic heterocycles. The zero-order valence-corrected chi connectivity index (χ0v) is 10.7. The van der Waals surface area contributed by atoms with E-state index in [9.17, 15) is 4.79 Å². The van der Waals surface area contributed by atoms with Crippen LogP contribution in [-0.4, -0.2) is 30.2 Å². The Morgan fingerprint density at radius 1 is 1.38 bits per heavy atom. The highest BCUT2D eigenvalue weighted by Gasteiger charge is 2.45. The zero-order valence-electron chi connectivity index (χ0n) is 10.7. The molecule has 3 nitrogen and oxygen atoms in total. The normalized spacial score (nSPS) is 33.6. The number of amides is 1. The highest BCUT2D eigenvalue weighted by Crippen LogP contribution is 2.42. The first-order valence-corrected chi connectivity index (χ1v) is 5.95. The van der Waals surface area contributed by atoms with Crippen molar-refractivity contribution in [3.8, 4) is 0 Å². The van der Waals surface area contributed by atoms with Crippen LogP contribution in [0.3, 0.4) is 0 Å². The van der Waals surface area contributed by atoms with Crippen LogP contribution in [0.2, 0.25) is 0 Å². The fourth-order valence-electron chi connectivity index (χ4n) is 2.63. The van der Waals surface area contributed by atoms with Gasteiger partial charge in [0.1, 0.15) is 6.61 Å². The number of rotatable bonds is 1. The van der Waals surface area contributed by atoms with Crippen molar-refractivity contribution in [1.29, 1.82) is 0 Å². The molecule has 1 fully saturated rings. The lowest BCUT2D eigenvalue weighted by molar-refractivity contribution is 0.162. The lowest BCUT2D eigenvalue weighted by atomic mass is 9.72. The summed E-state index contributed by atoms with van der Waals surface area (Å²) >= 11 is 0. The van der Waals surface area contributed by atoms with E-state index in [1.54, 1.807) is 4.90 Å². The zero-order chi connectivity index (χ0) is 12.0. The molecular formula is C13H21NO2. The summed E-state index contributed by atoms with van der Waals surface area (Å²) in [4.78, 5) is 13.2. The third kappa shape index (κ3) is 1.72. The van der Waals surface area contributed by atoms with Gasteiger partial charge in [-0.25, -0.2) is 4.79 Å². The quantitative estimate of drug-likeness (QED) is 0.640. The van der Waals surface area contributed by atoms with Crippen molar-refractivity contribution < 1.29 is 9.53 Å². The van der Waals surface area contributed by atoms with Crippen LogP contribution in [0, 0.1) is 5.41 Å². The first-order valence-electron chi connectivity index (χ1n) is 5.95. The molecule has 0 bridgehead atoms. The lowest BCUT2D eigenvalue weighted by Gasteiger charge is -2.39. The number of carbonyl (C=O) groups is 1. The second-order valence-corrected chi connectivity index (χ2v) is 6.00. The minimum atomic E-state index is -0.227. The largest absolute Gasteiger partial charge is 0.447 e. The SMILES string of the molecule is CN1C(=O)OCC1(C)C1=CCCC(C)(C)C1. The van der Waals surface area contributed by atoms with E-state index in [0.717, 1.165) is 12.8 Å². The second-order valence-electron chi connectivity index (χ2n) is 6.00. The molecule has 0 saturated carbocycles. The summed E-state index contributed by atoms with van der Waals surface area (Å²) in [6.07, 6.45) is 5.49. The maximum absolute atomic E-state index is 11.5. The Morgan fingerprint density at radius 3 is 2.56 bits per heavy atom. The van der Waals surface area contributed by atoms with Gasteiger partial charge in [-0.2, -0.15) is 0 Å². The Morgan fingerprint density at radius 2 is 2.06 bits per heavy atom. The molecule has 16 heavy (non-hydrogen) atoms. The molecule has 1 heterocycles. The second kappa shape index (κ2) is 3.51. The van der Waals surface area contributed by atoms with Crippen LogP contribution in [0.25, 0.3) is 0 Å². The van der Waals surface area contributed by atoms with Gasteiger partial charge in [0.05, 0.1) is 5.54 Å². The van der Waals surface area contributed by atoms with Crippen LogP contribution in [0.5, 0.6) is 0 Å². The number of ether oxygens (including phenoxy) is 1. The summed E-state index contributed by atoms with van der Waals surface area (Å²) in [5.74, 6) is 0. The lowest BCUT2D eigenvalue weighted by Crippen LogP contribution is -2.45. The minimum absolute atomic E-state index is 0.202. The summed E-state index contributed by atoms with van der Waals surface area (Å²) in [6.45, 7) is 7.18. The van der Waals surface area contributed by atoms with Gasteiger partial charge in [-0.05, 0) is 37.2 Å². The van der Waals surface area contributed by atoms with Crippen molar-refractivity contribution in [2.24, 2.45) is 5.41 Å². The van der Waals surface area contributed by atoms with Gasteiger partial charge in [0.2, 0.25) is 0 Å². The van der Waals surface area contributed by atoms with Crippen LogP contribution in [-0.2, 0) is 4.74 Å². The predicted octanol–water partition coefficient (Wildman–Crippen LogP) is 2.96. The van der Waals surface area contributed by atoms with E-state index in [0.29, 0.717) is 12.0 Å². The minimum Gasteiger partial charge on any atom is -0.447 e. The Hall–Kier alpha value is -0.990. The number of likely N-dealkylation sites (N-methyl/N-ethyl adjacent to an activating group) is 1. The Labute approximate surface area is 97.5 Å². The molecule has 3 heteroatoms. The third-order valence-electron chi connectivity index (χ3n) is 4.06. The van der Waals surface area contributed by atoms with Gasteiger partial charge in [-0.15, -0.1) is 0 Å². The Kier molecular flexibility index (Phi) is 2.52. The molecular weight excluding hydrogens is 202 g/mol. The van der Waals surface area contributed by atoms with Gasteiger partial charge in [-0.1, -0.05) is 19.9 Å². The van der Waals surface area contributed by atoms with Gasteiger partial charge in [0, 0.05) is 7.05 Å². The standard InChI is InChI=1S/C13H21NO2/c1-12(2)7-5-6-10(8-12)13(3)9-16-11(15)14(13)4/h6H,5,7-9H2,1-4H3. The number of carbonyl (C=O) groups excluding carboxylic acids is 1. The average Bonchev–Trinajstić information content (AvgIpc) is 2.46. The number of cyclic esters (lactones) is 1. The number of allylic oxidation sites excluding steroid dienone is 1. The van der Waals surface area contributed by atoms with Gasteiger partial charge >= 0.3 is 6.09 Å². The highest BCUT2D eigenvalue weighted by molar-refractivity contribution is 5.71. The number of hydrogen-bond acceptors (Lipinski definition) is 2. The first-order chi connectivity index (χ1) is 7.35. The average molecular weight is 223 g/mol. The molecule has 1 aliphatic carbocycles. The van der Waals surface area contributed by atoms with E-state index in [4.69, 9.17) is 4.74 Å². The van der Waals surface area contributed by atoms with Crippen LogP contribution in [0.15, 0.2) is 11.6 Å². The maximum Gasteiger partial charge on any atom is 0.410 e. The molecule has 2 aliphatic rings. The highest BCUT2D eigenvalue weighted by atomic mass is 16.6. The van der Waals surface area contributed by atoms with Crippen LogP contribution < -0.4 is 0 Å². The molecule has 90 valence electrons. The van der Waals surface area contributed by atoms with Crippen molar-refractivity contribution in [2.45, 2.75) is 45.6 Å². The molecule has 0 N–H and O–H groups in total. The summed E-state index contributed by atoms with van der Waals surface area (Å²) in [5, 5.41) is 0. The molecule has 1 aliphatic heterocycles. The van der Waals surface area contributed by atoms with Gasteiger partial charge in [0.15, 0.2) is 0 Å². The van der Waals surface area contributed by atoms with Gasteiger partial charge < -0.3 is 4.74 Å². The molecule has 0 aromatic carbocycles. The smallest absolute Gasteiger partial charge is 0.410 e. The van der Waals surface area contributed by atoms with Crippen molar-refractivity contribution in [3.63, 3.8) is 0 Å². The summed E-state index contributed by atoms with van der Waals surface area (Å²) in [7, 11) is 1.83.